The number of aryl methyl sites for hydroxylation is 1. The van der Waals surface area contributed by atoms with Crippen LogP contribution in [0.15, 0.2) is 59.3 Å². The number of nitrogens with zero attached hydrogens (tertiary/aromatic N) is 3. The first-order chi connectivity index (χ1) is 13.6. The lowest BCUT2D eigenvalue weighted by atomic mass is 10.1. The highest BCUT2D eigenvalue weighted by molar-refractivity contribution is 6.30. The van der Waals surface area contributed by atoms with Crippen LogP contribution in [0.5, 0.6) is 0 Å². The molecule has 0 unspecified atom stereocenters. The second-order valence-electron chi connectivity index (χ2n) is 6.41. The molecular formula is C21H19ClN4O2. The number of rotatable bonds is 6. The van der Waals surface area contributed by atoms with Crippen LogP contribution in [0.2, 0.25) is 5.02 Å². The highest BCUT2D eigenvalue weighted by Crippen LogP contribution is 2.20. The minimum absolute atomic E-state index is 0.171. The van der Waals surface area contributed by atoms with E-state index in [9.17, 15) is 4.79 Å². The smallest absolute Gasteiger partial charge is 0.251 e. The maximum Gasteiger partial charge on any atom is 0.251 e. The van der Waals surface area contributed by atoms with E-state index >= 15 is 0 Å². The van der Waals surface area contributed by atoms with Crippen LogP contribution >= 0.6 is 11.6 Å². The number of hydrogen-bond donors (Lipinski definition) is 1. The van der Waals surface area contributed by atoms with Gasteiger partial charge in [-0.25, -0.2) is 9.97 Å². The number of aromatic nitrogens is 3. The molecule has 0 bridgehead atoms. The molecule has 28 heavy (non-hydrogen) atoms. The molecule has 0 aliphatic heterocycles. The Morgan fingerprint density at radius 1 is 1.21 bits per heavy atom. The fraction of sp³-hybridized carbons (Fsp3) is 0.190. The lowest BCUT2D eigenvalue weighted by molar-refractivity contribution is 0.0949. The van der Waals surface area contributed by atoms with Crippen molar-refractivity contribution in [1.29, 1.82) is 0 Å². The van der Waals surface area contributed by atoms with Gasteiger partial charge < -0.3 is 14.3 Å². The summed E-state index contributed by atoms with van der Waals surface area (Å²) in [4.78, 5) is 21.3. The summed E-state index contributed by atoms with van der Waals surface area (Å²) in [6, 6.07) is 12.8. The predicted octanol–water partition coefficient (Wildman–Crippen LogP) is 4.22. The lowest BCUT2D eigenvalue weighted by Crippen LogP contribution is -2.24. The van der Waals surface area contributed by atoms with Gasteiger partial charge in [-0.2, -0.15) is 0 Å². The molecule has 2 aromatic heterocycles. The molecule has 0 saturated carbocycles. The third-order valence-electron chi connectivity index (χ3n) is 4.51. The van der Waals surface area contributed by atoms with Crippen molar-refractivity contribution >= 4 is 28.6 Å². The summed E-state index contributed by atoms with van der Waals surface area (Å²) < 4.78 is 7.79. The summed E-state index contributed by atoms with van der Waals surface area (Å²) >= 11 is 5.92. The zero-order valence-corrected chi connectivity index (χ0v) is 16.1. The van der Waals surface area contributed by atoms with Gasteiger partial charge in [0.15, 0.2) is 11.5 Å². The SMILES string of the molecule is CCn1ccnc1CNC(=O)c1ccc2oc(Cc3ccc(Cl)cc3)nc2c1. The van der Waals surface area contributed by atoms with Gasteiger partial charge in [0.2, 0.25) is 0 Å². The second kappa shape index (κ2) is 7.86. The minimum atomic E-state index is -0.171. The highest BCUT2D eigenvalue weighted by atomic mass is 35.5. The Balaban J connectivity index is 1.47. The summed E-state index contributed by atoms with van der Waals surface area (Å²) in [6.45, 7) is 3.22. The molecule has 0 spiro atoms. The van der Waals surface area contributed by atoms with Crippen molar-refractivity contribution in [2.45, 2.75) is 26.4 Å². The number of fused-ring (bicyclic) bond motifs is 1. The van der Waals surface area contributed by atoms with E-state index in [2.05, 4.69) is 15.3 Å². The summed E-state index contributed by atoms with van der Waals surface area (Å²) in [6.07, 6.45) is 4.19. The number of nitrogens with one attached hydrogen (secondary N) is 1. The Labute approximate surface area is 167 Å². The molecule has 0 aliphatic carbocycles. The number of carbonyl (C=O) groups is 1. The quantitative estimate of drug-likeness (QED) is 0.531. The predicted molar refractivity (Wildman–Crippen MR) is 107 cm³/mol. The molecule has 4 rings (SSSR count). The number of halogens is 1. The zero-order chi connectivity index (χ0) is 19.5. The van der Waals surface area contributed by atoms with E-state index in [1.54, 1.807) is 24.4 Å². The summed E-state index contributed by atoms with van der Waals surface area (Å²) in [5.74, 6) is 1.25. The van der Waals surface area contributed by atoms with Crippen LogP contribution in [-0.4, -0.2) is 20.4 Å². The number of oxazole rings is 1. The van der Waals surface area contributed by atoms with E-state index in [-0.39, 0.29) is 5.91 Å². The number of hydrogen-bond acceptors (Lipinski definition) is 4. The Hall–Kier alpha value is -3.12. The van der Waals surface area contributed by atoms with Crippen molar-refractivity contribution in [2.24, 2.45) is 0 Å². The van der Waals surface area contributed by atoms with Gasteiger partial charge in [0.25, 0.3) is 5.91 Å². The maximum absolute atomic E-state index is 12.5. The van der Waals surface area contributed by atoms with Crippen molar-refractivity contribution in [1.82, 2.24) is 19.9 Å². The number of carbonyl (C=O) groups excluding carboxylic acids is 1. The third kappa shape index (κ3) is 3.92. The van der Waals surface area contributed by atoms with Crippen LogP contribution in [0.4, 0.5) is 0 Å². The molecule has 0 fully saturated rings. The first-order valence-electron chi connectivity index (χ1n) is 9.04. The van der Waals surface area contributed by atoms with Crippen LogP contribution < -0.4 is 5.32 Å². The average molecular weight is 395 g/mol. The van der Waals surface area contributed by atoms with E-state index in [1.807, 2.05) is 42.0 Å². The minimum Gasteiger partial charge on any atom is -0.440 e. The Bertz CT molecular complexity index is 1120. The molecule has 1 N–H and O–H groups in total. The number of amides is 1. The van der Waals surface area contributed by atoms with Crippen molar-refractivity contribution in [3.8, 4) is 0 Å². The molecule has 0 saturated heterocycles. The molecule has 142 valence electrons. The molecule has 0 atom stereocenters. The number of imidazole rings is 1. The van der Waals surface area contributed by atoms with E-state index < -0.39 is 0 Å². The van der Waals surface area contributed by atoms with E-state index in [1.165, 1.54) is 0 Å². The zero-order valence-electron chi connectivity index (χ0n) is 15.4. The van der Waals surface area contributed by atoms with Gasteiger partial charge in [0.1, 0.15) is 11.3 Å². The van der Waals surface area contributed by atoms with Crippen LogP contribution in [0, 0.1) is 0 Å². The molecule has 0 radical (unpaired) electrons. The highest BCUT2D eigenvalue weighted by Gasteiger charge is 2.12. The lowest BCUT2D eigenvalue weighted by Gasteiger charge is -2.06. The van der Waals surface area contributed by atoms with Crippen molar-refractivity contribution in [2.75, 3.05) is 0 Å². The van der Waals surface area contributed by atoms with Gasteiger partial charge in [-0.15, -0.1) is 0 Å². The normalized spacial score (nSPS) is 11.1. The fourth-order valence-corrected chi connectivity index (χ4v) is 3.15. The van der Waals surface area contributed by atoms with Gasteiger partial charge in [0.05, 0.1) is 6.54 Å². The molecule has 0 aliphatic rings. The maximum atomic E-state index is 12.5. The Morgan fingerprint density at radius 2 is 2.04 bits per heavy atom. The summed E-state index contributed by atoms with van der Waals surface area (Å²) in [7, 11) is 0. The van der Waals surface area contributed by atoms with E-state index in [0.717, 1.165) is 17.9 Å². The summed E-state index contributed by atoms with van der Waals surface area (Å²) in [5, 5.41) is 3.59. The van der Waals surface area contributed by atoms with Crippen molar-refractivity contribution in [3.63, 3.8) is 0 Å². The molecular weight excluding hydrogens is 376 g/mol. The van der Waals surface area contributed by atoms with Crippen LogP contribution in [0.25, 0.3) is 11.1 Å². The molecule has 2 aromatic carbocycles. The van der Waals surface area contributed by atoms with Crippen LogP contribution in [0.3, 0.4) is 0 Å². The molecule has 6 nitrogen and oxygen atoms in total. The van der Waals surface area contributed by atoms with Gasteiger partial charge in [0, 0.05) is 35.9 Å². The largest absolute Gasteiger partial charge is 0.440 e. The first-order valence-corrected chi connectivity index (χ1v) is 9.42. The van der Waals surface area contributed by atoms with Gasteiger partial charge in [-0.3, -0.25) is 4.79 Å². The molecule has 4 aromatic rings. The van der Waals surface area contributed by atoms with Crippen LogP contribution in [0.1, 0.15) is 34.6 Å². The monoisotopic (exact) mass is 394 g/mol. The van der Waals surface area contributed by atoms with Crippen molar-refractivity contribution < 1.29 is 9.21 Å². The molecule has 1 amide bonds. The standard InChI is InChI=1S/C21H19ClN4O2/c1-2-26-10-9-23-19(26)13-24-21(27)15-5-8-18-17(12-15)25-20(28-18)11-14-3-6-16(22)7-4-14/h3-10,12H,2,11,13H2,1H3,(H,24,27). The van der Waals surface area contributed by atoms with Gasteiger partial charge in [-0.1, -0.05) is 23.7 Å². The van der Waals surface area contributed by atoms with E-state index in [0.29, 0.717) is 40.5 Å². The van der Waals surface area contributed by atoms with Gasteiger partial charge in [-0.05, 0) is 42.8 Å². The topological polar surface area (TPSA) is 73.0 Å². The first kappa shape index (κ1) is 18.3. The summed E-state index contributed by atoms with van der Waals surface area (Å²) in [5.41, 5.74) is 2.91. The molecule has 7 heteroatoms. The molecule has 2 heterocycles. The Kier molecular flexibility index (Phi) is 5.12. The van der Waals surface area contributed by atoms with E-state index in [4.69, 9.17) is 16.0 Å². The third-order valence-corrected chi connectivity index (χ3v) is 4.76. The number of benzene rings is 2. The Morgan fingerprint density at radius 3 is 2.82 bits per heavy atom. The van der Waals surface area contributed by atoms with Crippen LogP contribution in [-0.2, 0) is 19.5 Å². The van der Waals surface area contributed by atoms with Gasteiger partial charge >= 0.3 is 0 Å². The fourth-order valence-electron chi connectivity index (χ4n) is 3.03. The average Bonchev–Trinajstić information content (AvgIpc) is 3.32. The van der Waals surface area contributed by atoms with Crippen molar-refractivity contribution in [3.05, 3.63) is 82.7 Å². The second-order valence-corrected chi connectivity index (χ2v) is 6.84.